The molecule has 0 spiro atoms. The highest BCUT2D eigenvalue weighted by molar-refractivity contribution is 5.69. The second kappa shape index (κ2) is 8.57. The van der Waals surface area contributed by atoms with Crippen LogP contribution in [0.2, 0.25) is 0 Å². The average molecular weight is 264 g/mol. The van der Waals surface area contributed by atoms with Crippen LogP contribution in [-0.2, 0) is 16.0 Å². The smallest absolute Gasteiger partial charge is 0.305 e. The molecular weight excluding hydrogens is 240 g/mol. The highest BCUT2D eigenvalue weighted by atomic mass is 16.5. The number of carbonyl (C=O) groups is 1. The largest absolute Gasteiger partial charge is 0.494 e. The molecule has 0 aromatic heterocycles. The van der Waals surface area contributed by atoms with Gasteiger partial charge < -0.3 is 9.47 Å². The Kier molecular flexibility index (Phi) is 7.01. The number of ether oxygens (including phenoxy) is 2. The Bertz CT molecular complexity index is 370. The van der Waals surface area contributed by atoms with E-state index < -0.39 is 0 Å². The second-order valence-corrected chi connectivity index (χ2v) is 4.89. The Morgan fingerprint density at radius 1 is 1.26 bits per heavy atom. The summed E-state index contributed by atoms with van der Waals surface area (Å²) < 4.78 is 10.2. The van der Waals surface area contributed by atoms with Crippen LogP contribution in [0.15, 0.2) is 24.3 Å². The lowest BCUT2D eigenvalue weighted by molar-refractivity contribution is -0.140. The number of methoxy groups -OCH3 is 1. The molecule has 0 N–H and O–H groups in total. The second-order valence-electron chi connectivity index (χ2n) is 4.89. The first-order chi connectivity index (χ1) is 9.15. The molecule has 1 aromatic carbocycles. The molecular formula is C16H24O3. The first-order valence-corrected chi connectivity index (χ1v) is 6.94. The van der Waals surface area contributed by atoms with Crippen molar-refractivity contribution in [2.75, 3.05) is 13.7 Å². The molecule has 1 atom stereocenters. The fourth-order valence-corrected chi connectivity index (χ4v) is 1.78. The van der Waals surface area contributed by atoms with Crippen LogP contribution in [0.3, 0.4) is 0 Å². The molecule has 0 saturated heterocycles. The van der Waals surface area contributed by atoms with Gasteiger partial charge in [-0.3, -0.25) is 4.79 Å². The van der Waals surface area contributed by atoms with E-state index in [9.17, 15) is 4.79 Å². The van der Waals surface area contributed by atoms with Crippen molar-refractivity contribution in [3.63, 3.8) is 0 Å². The van der Waals surface area contributed by atoms with Crippen molar-refractivity contribution in [2.45, 2.75) is 39.5 Å². The van der Waals surface area contributed by atoms with Gasteiger partial charge in [-0.15, -0.1) is 0 Å². The van der Waals surface area contributed by atoms with E-state index in [1.807, 2.05) is 12.1 Å². The molecule has 0 fully saturated rings. The summed E-state index contributed by atoms with van der Waals surface area (Å²) in [5.74, 6) is 1.39. The monoisotopic (exact) mass is 264 g/mol. The van der Waals surface area contributed by atoms with E-state index >= 15 is 0 Å². The number of rotatable bonds is 8. The van der Waals surface area contributed by atoms with Crippen LogP contribution in [0.25, 0.3) is 0 Å². The van der Waals surface area contributed by atoms with Gasteiger partial charge in [0, 0.05) is 6.42 Å². The van der Waals surface area contributed by atoms with Crippen molar-refractivity contribution in [3.05, 3.63) is 29.8 Å². The topological polar surface area (TPSA) is 35.5 Å². The minimum absolute atomic E-state index is 0.187. The van der Waals surface area contributed by atoms with Crippen molar-refractivity contribution < 1.29 is 14.3 Å². The van der Waals surface area contributed by atoms with E-state index in [1.54, 1.807) is 0 Å². The number of hydrogen-bond donors (Lipinski definition) is 0. The summed E-state index contributed by atoms with van der Waals surface area (Å²) >= 11 is 0. The molecule has 1 unspecified atom stereocenters. The van der Waals surface area contributed by atoms with Crippen molar-refractivity contribution in [3.8, 4) is 5.75 Å². The molecule has 0 bridgehead atoms. The zero-order valence-corrected chi connectivity index (χ0v) is 12.1. The lowest BCUT2D eigenvalue weighted by atomic mass is 9.99. The zero-order chi connectivity index (χ0) is 14.1. The summed E-state index contributed by atoms with van der Waals surface area (Å²) in [4.78, 5) is 10.9. The van der Waals surface area contributed by atoms with Crippen LogP contribution in [0.1, 0.15) is 38.7 Å². The molecule has 0 saturated carbocycles. The minimum atomic E-state index is -0.187. The molecule has 3 nitrogen and oxygen atoms in total. The highest BCUT2D eigenvalue weighted by Crippen LogP contribution is 2.16. The van der Waals surface area contributed by atoms with E-state index in [0.717, 1.165) is 12.2 Å². The van der Waals surface area contributed by atoms with Crippen LogP contribution >= 0.6 is 0 Å². The maximum atomic E-state index is 10.9. The predicted octanol–water partition coefficient (Wildman–Crippen LogP) is 3.61. The summed E-state index contributed by atoms with van der Waals surface area (Å²) in [7, 11) is 1.40. The third kappa shape index (κ3) is 6.27. The van der Waals surface area contributed by atoms with Gasteiger partial charge in [-0.1, -0.05) is 32.4 Å². The van der Waals surface area contributed by atoms with Gasteiger partial charge in [0.25, 0.3) is 0 Å². The van der Waals surface area contributed by atoms with Crippen LogP contribution < -0.4 is 4.74 Å². The number of hydrogen-bond acceptors (Lipinski definition) is 3. The van der Waals surface area contributed by atoms with Gasteiger partial charge in [0.05, 0.1) is 13.7 Å². The fraction of sp³-hybridized carbons (Fsp3) is 0.562. The van der Waals surface area contributed by atoms with Gasteiger partial charge in [-0.05, 0) is 36.5 Å². The standard InChI is InChI=1S/C16H24O3/c1-4-13(2)12-14-7-9-15(10-8-14)19-11-5-6-16(17)18-3/h7-10,13H,4-6,11-12H2,1-3H3. The molecule has 1 rings (SSSR count). The molecule has 0 heterocycles. The maximum Gasteiger partial charge on any atom is 0.305 e. The Labute approximate surface area is 115 Å². The SMILES string of the molecule is CCC(C)Cc1ccc(OCCCC(=O)OC)cc1. The summed E-state index contributed by atoms with van der Waals surface area (Å²) in [6, 6.07) is 8.22. The fourth-order valence-electron chi connectivity index (χ4n) is 1.78. The van der Waals surface area contributed by atoms with Crippen molar-refractivity contribution >= 4 is 5.97 Å². The Hall–Kier alpha value is -1.51. The van der Waals surface area contributed by atoms with Gasteiger partial charge in [0.15, 0.2) is 0 Å². The Morgan fingerprint density at radius 2 is 1.95 bits per heavy atom. The van der Waals surface area contributed by atoms with Gasteiger partial charge in [-0.25, -0.2) is 0 Å². The van der Waals surface area contributed by atoms with Crippen molar-refractivity contribution in [1.82, 2.24) is 0 Å². The average Bonchev–Trinajstić information content (AvgIpc) is 2.44. The Morgan fingerprint density at radius 3 is 2.53 bits per heavy atom. The molecule has 0 aliphatic rings. The first-order valence-electron chi connectivity index (χ1n) is 6.94. The third-order valence-electron chi connectivity index (χ3n) is 3.23. The van der Waals surface area contributed by atoms with Gasteiger partial charge >= 0.3 is 5.97 Å². The van der Waals surface area contributed by atoms with Crippen molar-refractivity contribution in [2.24, 2.45) is 5.92 Å². The van der Waals surface area contributed by atoms with Gasteiger partial charge in [0.1, 0.15) is 5.75 Å². The first kappa shape index (κ1) is 15.5. The van der Waals surface area contributed by atoms with E-state index in [0.29, 0.717) is 25.4 Å². The van der Waals surface area contributed by atoms with Crippen LogP contribution in [0.5, 0.6) is 5.75 Å². The summed E-state index contributed by atoms with van der Waals surface area (Å²) in [6.45, 7) is 5.01. The maximum absolute atomic E-state index is 10.9. The Balaban J connectivity index is 2.30. The third-order valence-corrected chi connectivity index (χ3v) is 3.23. The number of esters is 1. The van der Waals surface area contributed by atoms with Gasteiger partial charge in [-0.2, -0.15) is 0 Å². The lowest BCUT2D eigenvalue weighted by Crippen LogP contribution is -2.04. The molecule has 106 valence electrons. The molecule has 0 amide bonds. The summed E-state index contributed by atoms with van der Waals surface area (Å²) in [5.41, 5.74) is 1.34. The normalized spacial score (nSPS) is 11.9. The molecule has 0 aliphatic carbocycles. The predicted molar refractivity (Wildman–Crippen MR) is 76.3 cm³/mol. The number of carbonyl (C=O) groups excluding carboxylic acids is 1. The van der Waals surface area contributed by atoms with Crippen molar-refractivity contribution in [1.29, 1.82) is 0 Å². The van der Waals surface area contributed by atoms with Crippen LogP contribution in [-0.4, -0.2) is 19.7 Å². The lowest BCUT2D eigenvalue weighted by Gasteiger charge is -2.10. The summed E-state index contributed by atoms with van der Waals surface area (Å²) in [5, 5.41) is 0. The highest BCUT2D eigenvalue weighted by Gasteiger charge is 2.02. The van der Waals surface area contributed by atoms with E-state index in [1.165, 1.54) is 19.1 Å². The van der Waals surface area contributed by atoms with Crippen LogP contribution in [0.4, 0.5) is 0 Å². The van der Waals surface area contributed by atoms with E-state index in [2.05, 4.69) is 30.7 Å². The quantitative estimate of drug-likeness (QED) is 0.531. The zero-order valence-electron chi connectivity index (χ0n) is 12.1. The molecule has 19 heavy (non-hydrogen) atoms. The van der Waals surface area contributed by atoms with E-state index in [-0.39, 0.29) is 5.97 Å². The number of benzene rings is 1. The molecule has 0 aliphatic heterocycles. The van der Waals surface area contributed by atoms with E-state index in [4.69, 9.17) is 4.74 Å². The van der Waals surface area contributed by atoms with Crippen LogP contribution in [0, 0.1) is 5.92 Å². The van der Waals surface area contributed by atoms with Gasteiger partial charge in [0.2, 0.25) is 0 Å². The molecule has 1 aromatic rings. The summed E-state index contributed by atoms with van der Waals surface area (Å²) in [6.07, 6.45) is 3.40. The minimum Gasteiger partial charge on any atom is -0.494 e. The molecule has 3 heteroatoms. The molecule has 0 radical (unpaired) electrons.